The average Bonchev–Trinajstić information content (AvgIpc) is 3.50. The summed E-state index contributed by atoms with van der Waals surface area (Å²) in [7, 11) is 0. The number of para-hydroxylation sites is 1. The zero-order valence-corrected chi connectivity index (χ0v) is 24.9. The lowest BCUT2D eigenvalue weighted by molar-refractivity contribution is -0.145. The molecule has 1 spiro atoms. The van der Waals surface area contributed by atoms with E-state index in [0.717, 1.165) is 18.4 Å². The van der Waals surface area contributed by atoms with E-state index in [-0.39, 0.29) is 42.0 Å². The van der Waals surface area contributed by atoms with Crippen LogP contribution in [-0.4, -0.2) is 80.9 Å². The zero-order chi connectivity index (χ0) is 28.6. The van der Waals surface area contributed by atoms with Gasteiger partial charge in [0.25, 0.3) is 5.91 Å². The number of carbonyl (C=O) groups excluding carboxylic acids is 3. The van der Waals surface area contributed by atoms with Crippen LogP contribution < -0.4 is 4.90 Å². The second-order valence-electron chi connectivity index (χ2n) is 11.0. The van der Waals surface area contributed by atoms with Crippen molar-refractivity contribution < 1.29 is 19.5 Å². The molecule has 1 aromatic carbocycles. The number of carbonyl (C=O) groups is 3. The molecule has 7 atom stereocenters. The van der Waals surface area contributed by atoms with Gasteiger partial charge in [0.1, 0.15) is 6.04 Å². The van der Waals surface area contributed by atoms with Gasteiger partial charge in [-0.2, -0.15) is 0 Å². The Morgan fingerprint density at radius 3 is 2.56 bits per heavy atom. The molecule has 0 aromatic heterocycles. The summed E-state index contributed by atoms with van der Waals surface area (Å²) in [4.78, 5) is 48.0. The molecule has 3 aliphatic rings. The first-order valence-electron chi connectivity index (χ1n) is 13.8. The normalized spacial score (nSPS) is 29.7. The minimum absolute atomic E-state index is 0.0206. The van der Waals surface area contributed by atoms with Crippen LogP contribution in [0.25, 0.3) is 0 Å². The zero-order valence-electron chi connectivity index (χ0n) is 23.3. The topological polar surface area (TPSA) is 81.2 Å². The third kappa shape index (κ3) is 4.62. The van der Waals surface area contributed by atoms with Crippen molar-refractivity contribution in [2.24, 2.45) is 17.8 Å². The molecule has 3 unspecified atom stereocenters. The van der Waals surface area contributed by atoms with Gasteiger partial charge in [0.15, 0.2) is 0 Å². The van der Waals surface area contributed by atoms with E-state index in [4.69, 9.17) is 11.6 Å². The first-order chi connectivity index (χ1) is 18.6. The molecule has 7 nitrogen and oxygen atoms in total. The Morgan fingerprint density at radius 1 is 1.28 bits per heavy atom. The summed E-state index contributed by atoms with van der Waals surface area (Å²) < 4.78 is -0.788. The van der Waals surface area contributed by atoms with Crippen molar-refractivity contribution in [3.63, 3.8) is 0 Å². The highest BCUT2D eigenvalue weighted by atomic mass is 35.5. The van der Waals surface area contributed by atoms with Crippen molar-refractivity contribution in [2.75, 3.05) is 31.1 Å². The number of amides is 3. The van der Waals surface area contributed by atoms with E-state index in [1.165, 1.54) is 0 Å². The van der Waals surface area contributed by atoms with Crippen LogP contribution >= 0.6 is 23.4 Å². The van der Waals surface area contributed by atoms with E-state index < -0.39 is 28.7 Å². The number of benzene rings is 1. The number of thioether (sulfide) groups is 1. The summed E-state index contributed by atoms with van der Waals surface area (Å²) in [5.74, 6) is -1.67. The Bertz CT molecular complexity index is 1140. The quantitative estimate of drug-likeness (QED) is 0.399. The molecule has 3 aliphatic heterocycles. The SMILES string of the molecule is C=CCN(CCC)C(=O)[C@@H]1[C@H]2C(=O)N([C@H](C)CO)C(C(=O)N(CC=C)c3c(C)cccc3Cl)C23S[C@@H]1CC3C. The lowest BCUT2D eigenvalue weighted by Gasteiger charge is -2.42. The monoisotopic (exact) mass is 573 g/mol. The van der Waals surface area contributed by atoms with E-state index in [2.05, 4.69) is 20.1 Å². The number of anilines is 1. The average molecular weight is 574 g/mol. The number of hydrogen-bond acceptors (Lipinski definition) is 5. The van der Waals surface area contributed by atoms with Crippen LogP contribution in [0.1, 0.15) is 39.2 Å². The van der Waals surface area contributed by atoms with Crippen LogP contribution in [0.3, 0.4) is 0 Å². The third-order valence-electron chi connectivity index (χ3n) is 8.63. The summed E-state index contributed by atoms with van der Waals surface area (Å²) in [6.07, 6.45) is 4.91. The van der Waals surface area contributed by atoms with E-state index in [1.807, 2.05) is 26.0 Å². The fraction of sp³-hybridized carbons (Fsp3) is 0.567. The summed E-state index contributed by atoms with van der Waals surface area (Å²) in [6, 6.07) is 4.04. The Balaban J connectivity index is 1.85. The molecule has 4 rings (SSSR count). The van der Waals surface area contributed by atoms with Crippen LogP contribution in [-0.2, 0) is 14.4 Å². The van der Waals surface area contributed by atoms with Gasteiger partial charge in [0.05, 0.1) is 39.9 Å². The Labute approximate surface area is 241 Å². The highest BCUT2D eigenvalue weighted by Crippen LogP contribution is 2.69. The van der Waals surface area contributed by atoms with Crippen molar-refractivity contribution in [1.82, 2.24) is 9.80 Å². The summed E-state index contributed by atoms with van der Waals surface area (Å²) in [6.45, 7) is 16.4. The molecule has 1 N–H and O–H groups in total. The Morgan fingerprint density at radius 2 is 1.97 bits per heavy atom. The number of aliphatic hydroxyl groups excluding tert-OH is 1. The Kier molecular flexibility index (Phi) is 8.89. The van der Waals surface area contributed by atoms with E-state index in [1.54, 1.807) is 51.6 Å². The second kappa shape index (κ2) is 11.7. The molecule has 0 saturated carbocycles. The fourth-order valence-corrected chi connectivity index (χ4v) is 9.76. The first-order valence-corrected chi connectivity index (χ1v) is 15.0. The van der Waals surface area contributed by atoms with Gasteiger partial charge in [-0.15, -0.1) is 24.9 Å². The minimum Gasteiger partial charge on any atom is -0.394 e. The lowest BCUT2D eigenvalue weighted by atomic mass is 9.65. The van der Waals surface area contributed by atoms with Crippen molar-refractivity contribution in [3.8, 4) is 0 Å². The molecule has 3 saturated heterocycles. The maximum absolute atomic E-state index is 14.7. The predicted octanol–water partition coefficient (Wildman–Crippen LogP) is 4.31. The van der Waals surface area contributed by atoms with Gasteiger partial charge < -0.3 is 19.8 Å². The molecule has 39 heavy (non-hydrogen) atoms. The van der Waals surface area contributed by atoms with E-state index in [9.17, 15) is 19.5 Å². The van der Waals surface area contributed by atoms with Crippen molar-refractivity contribution in [3.05, 3.63) is 54.1 Å². The maximum Gasteiger partial charge on any atom is 0.251 e. The number of likely N-dealkylation sites (tertiary alicyclic amines) is 1. The van der Waals surface area contributed by atoms with Gasteiger partial charge in [-0.3, -0.25) is 14.4 Å². The molecule has 0 aliphatic carbocycles. The highest BCUT2D eigenvalue weighted by Gasteiger charge is 2.76. The van der Waals surface area contributed by atoms with Crippen LogP contribution in [0.15, 0.2) is 43.5 Å². The minimum atomic E-state index is -0.852. The molecule has 9 heteroatoms. The van der Waals surface area contributed by atoms with Crippen LogP contribution in [0.2, 0.25) is 5.02 Å². The third-order valence-corrected chi connectivity index (χ3v) is 11.0. The molecule has 1 aromatic rings. The van der Waals surface area contributed by atoms with Gasteiger partial charge in [-0.05, 0) is 44.2 Å². The molecule has 3 amide bonds. The molecular formula is C30H40ClN3O4S. The van der Waals surface area contributed by atoms with E-state index >= 15 is 0 Å². The maximum atomic E-state index is 14.7. The number of aryl methyl sites for hydroxylation is 1. The van der Waals surface area contributed by atoms with Gasteiger partial charge >= 0.3 is 0 Å². The predicted molar refractivity (Wildman–Crippen MR) is 158 cm³/mol. The number of fused-ring (bicyclic) bond motifs is 1. The molecular weight excluding hydrogens is 534 g/mol. The molecule has 212 valence electrons. The highest BCUT2D eigenvalue weighted by molar-refractivity contribution is 8.02. The number of aliphatic hydroxyl groups is 1. The van der Waals surface area contributed by atoms with Crippen molar-refractivity contribution >= 4 is 46.8 Å². The number of rotatable bonds is 11. The molecule has 2 bridgehead atoms. The van der Waals surface area contributed by atoms with Crippen LogP contribution in [0, 0.1) is 24.7 Å². The number of halogens is 1. The number of nitrogens with zero attached hydrogens (tertiary/aromatic N) is 3. The second-order valence-corrected chi connectivity index (χ2v) is 13.0. The largest absolute Gasteiger partial charge is 0.394 e. The van der Waals surface area contributed by atoms with Gasteiger partial charge in [0.2, 0.25) is 11.8 Å². The standard InChI is InChI=1S/C30H40ClN3O4S/c1-7-13-32(14-8-2)27(36)23-22-16-19(5)30(39-22)24(23)28(37)34(20(6)17-35)26(30)29(38)33(15-9-3)25-18(4)11-10-12-21(25)31/h7,9-12,19-20,22-24,26,35H,1,3,8,13-17H2,2,4-6H3/t19?,20-,22-,23+,24+,26?,30?/m1/s1. The molecule has 3 heterocycles. The summed E-state index contributed by atoms with van der Waals surface area (Å²) >= 11 is 8.26. The molecule has 3 fully saturated rings. The van der Waals surface area contributed by atoms with Crippen LogP contribution in [0.5, 0.6) is 0 Å². The van der Waals surface area contributed by atoms with Crippen molar-refractivity contribution in [1.29, 1.82) is 0 Å². The fourth-order valence-electron chi connectivity index (χ4n) is 7.04. The summed E-state index contributed by atoms with van der Waals surface area (Å²) in [5, 5.41) is 10.6. The Hall–Kier alpha value is -2.29. The van der Waals surface area contributed by atoms with Crippen molar-refractivity contribution in [2.45, 2.75) is 62.6 Å². The summed E-state index contributed by atoms with van der Waals surface area (Å²) in [5.41, 5.74) is 1.42. The van der Waals surface area contributed by atoms with Crippen LogP contribution in [0.4, 0.5) is 5.69 Å². The smallest absolute Gasteiger partial charge is 0.251 e. The van der Waals surface area contributed by atoms with Gasteiger partial charge in [-0.25, -0.2) is 0 Å². The lowest BCUT2D eigenvalue weighted by Crippen LogP contribution is -2.59. The number of hydrogen-bond donors (Lipinski definition) is 1. The van der Waals surface area contributed by atoms with Gasteiger partial charge in [0, 0.05) is 24.9 Å². The van der Waals surface area contributed by atoms with Gasteiger partial charge in [-0.1, -0.05) is 49.7 Å². The first kappa shape index (κ1) is 29.7. The molecule has 0 radical (unpaired) electrons. The van der Waals surface area contributed by atoms with E-state index in [0.29, 0.717) is 23.8 Å².